The number of nitrogens with zero attached hydrogens (tertiary/aromatic N) is 4. The highest BCUT2D eigenvalue weighted by Gasteiger charge is 1.96. The second kappa shape index (κ2) is 5.80. The van der Waals surface area contributed by atoms with Gasteiger partial charge in [-0.3, -0.25) is 4.98 Å². The summed E-state index contributed by atoms with van der Waals surface area (Å²) in [5.74, 6) is 6.51. The largest absolute Gasteiger partial charge is 0.369 e. The van der Waals surface area contributed by atoms with Crippen molar-refractivity contribution in [1.82, 2.24) is 19.5 Å². The molecule has 4 N–H and O–H groups in total. The summed E-state index contributed by atoms with van der Waals surface area (Å²) in [5, 5.41) is 3.18. The molecule has 0 amide bonds. The van der Waals surface area contributed by atoms with Gasteiger partial charge >= 0.3 is 0 Å². The van der Waals surface area contributed by atoms with E-state index in [0.29, 0.717) is 11.6 Å². The van der Waals surface area contributed by atoms with Crippen LogP contribution in [0.25, 0.3) is 0 Å². The second-order valence-electron chi connectivity index (χ2n) is 3.51. The van der Waals surface area contributed by atoms with Crippen molar-refractivity contribution in [2.24, 2.45) is 5.84 Å². The molecule has 7 nitrogen and oxygen atoms in total. The Labute approximate surface area is 99.1 Å². The number of nitrogens with one attached hydrogen (secondary N) is 2. The van der Waals surface area contributed by atoms with Gasteiger partial charge in [0.2, 0.25) is 0 Å². The summed E-state index contributed by atoms with van der Waals surface area (Å²) in [4.78, 5) is 12.2. The van der Waals surface area contributed by atoms with Crippen LogP contribution in [0.2, 0.25) is 0 Å². The minimum absolute atomic E-state index is 0.546. The Bertz CT molecular complexity index is 440. The molecule has 0 aliphatic heterocycles. The van der Waals surface area contributed by atoms with Crippen molar-refractivity contribution < 1.29 is 0 Å². The standard InChI is InChI=1S/C10H15N7/c11-16-10-7-13-6-9(15-10)14-2-1-4-17-5-3-12-8-17/h3,5-8H,1-2,4,11H2,(H2,14,15,16). The Morgan fingerprint density at radius 2 is 2.12 bits per heavy atom. The maximum atomic E-state index is 5.25. The van der Waals surface area contributed by atoms with Gasteiger partial charge in [0.25, 0.3) is 0 Å². The molecule has 2 aromatic rings. The molecule has 0 unspecified atom stereocenters. The van der Waals surface area contributed by atoms with E-state index in [1.54, 1.807) is 24.9 Å². The molecule has 17 heavy (non-hydrogen) atoms. The van der Waals surface area contributed by atoms with Crippen molar-refractivity contribution >= 4 is 11.6 Å². The summed E-state index contributed by atoms with van der Waals surface area (Å²) in [6, 6.07) is 0. The maximum absolute atomic E-state index is 5.25. The zero-order chi connectivity index (χ0) is 11.9. The summed E-state index contributed by atoms with van der Waals surface area (Å²) in [6.07, 6.45) is 9.74. The fourth-order valence-corrected chi connectivity index (χ4v) is 1.42. The van der Waals surface area contributed by atoms with Gasteiger partial charge in [-0.05, 0) is 6.42 Å². The second-order valence-corrected chi connectivity index (χ2v) is 3.51. The SMILES string of the molecule is NNc1cncc(NCCCn2ccnc2)n1. The Morgan fingerprint density at radius 3 is 2.88 bits per heavy atom. The molecule has 2 rings (SSSR count). The quantitative estimate of drug-likeness (QED) is 0.381. The van der Waals surface area contributed by atoms with E-state index in [9.17, 15) is 0 Å². The van der Waals surface area contributed by atoms with Gasteiger partial charge in [-0.2, -0.15) is 0 Å². The van der Waals surface area contributed by atoms with Gasteiger partial charge in [-0.1, -0.05) is 0 Å². The lowest BCUT2D eigenvalue weighted by atomic mass is 10.4. The van der Waals surface area contributed by atoms with Crippen LogP contribution < -0.4 is 16.6 Å². The number of nitrogens with two attached hydrogens (primary N) is 1. The Hall–Kier alpha value is -2.15. The Kier molecular flexibility index (Phi) is 3.87. The molecule has 2 aromatic heterocycles. The van der Waals surface area contributed by atoms with Gasteiger partial charge in [0.05, 0.1) is 18.7 Å². The van der Waals surface area contributed by atoms with Gasteiger partial charge in [0.15, 0.2) is 5.82 Å². The molecule has 0 radical (unpaired) electrons. The number of hydrazine groups is 1. The average Bonchev–Trinajstić information content (AvgIpc) is 2.88. The average molecular weight is 233 g/mol. The molecule has 0 saturated carbocycles. The lowest BCUT2D eigenvalue weighted by Gasteiger charge is -2.06. The number of aromatic nitrogens is 4. The third-order valence-electron chi connectivity index (χ3n) is 2.24. The Morgan fingerprint density at radius 1 is 1.24 bits per heavy atom. The molecule has 0 fully saturated rings. The summed E-state index contributed by atoms with van der Waals surface area (Å²) in [6.45, 7) is 1.75. The molecule has 0 bridgehead atoms. The number of hydrogen-bond donors (Lipinski definition) is 3. The zero-order valence-electron chi connectivity index (χ0n) is 9.37. The van der Waals surface area contributed by atoms with Gasteiger partial charge in [-0.15, -0.1) is 0 Å². The highest BCUT2D eigenvalue weighted by molar-refractivity contribution is 5.40. The molecule has 0 aromatic carbocycles. The minimum atomic E-state index is 0.546. The summed E-state index contributed by atoms with van der Waals surface area (Å²) in [7, 11) is 0. The minimum Gasteiger partial charge on any atom is -0.369 e. The number of hydrogen-bond acceptors (Lipinski definition) is 6. The van der Waals surface area contributed by atoms with E-state index in [-0.39, 0.29) is 0 Å². The molecule has 0 aliphatic rings. The first-order chi connectivity index (χ1) is 8.38. The van der Waals surface area contributed by atoms with Crippen LogP contribution in [0, 0.1) is 0 Å². The molecule has 0 spiro atoms. The zero-order valence-corrected chi connectivity index (χ0v) is 9.37. The molecule has 0 atom stereocenters. The highest BCUT2D eigenvalue weighted by Crippen LogP contribution is 2.04. The van der Waals surface area contributed by atoms with Crippen LogP contribution in [0.1, 0.15) is 6.42 Å². The number of anilines is 2. The van der Waals surface area contributed by atoms with Crippen molar-refractivity contribution in [3.63, 3.8) is 0 Å². The lowest BCUT2D eigenvalue weighted by molar-refractivity contribution is 0.660. The normalized spacial score (nSPS) is 10.2. The topological polar surface area (TPSA) is 93.7 Å². The van der Waals surface area contributed by atoms with Crippen LogP contribution in [-0.2, 0) is 6.54 Å². The highest BCUT2D eigenvalue weighted by atomic mass is 15.3. The fourth-order valence-electron chi connectivity index (χ4n) is 1.42. The van der Waals surface area contributed by atoms with Crippen LogP contribution in [0.5, 0.6) is 0 Å². The smallest absolute Gasteiger partial charge is 0.160 e. The van der Waals surface area contributed by atoms with E-state index in [4.69, 9.17) is 5.84 Å². The van der Waals surface area contributed by atoms with E-state index in [2.05, 4.69) is 25.7 Å². The molecular formula is C10H15N7. The van der Waals surface area contributed by atoms with Crippen LogP contribution in [0.3, 0.4) is 0 Å². The molecule has 0 saturated heterocycles. The first-order valence-electron chi connectivity index (χ1n) is 5.37. The molecule has 90 valence electrons. The summed E-state index contributed by atoms with van der Waals surface area (Å²) < 4.78 is 2.03. The third kappa shape index (κ3) is 3.42. The summed E-state index contributed by atoms with van der Waals surface area (Å²) >= 11 is 0. The van der Waals surface area contributed by atoms with Crippen molar-refractivity contribution in [3.8, 4) is 0 Å². The number of nitrogen functional groups attached to an aromatic ring is 1. The maximum Gasteiger partial charge on any atom is 0.160 e. The number of imidazole rings is 1. The predicted molar refractivity (Wildman–Crippen MR) is 65.2 cm³/mol. The van der Waals surface area contributed by atoms with Gasteiger partial charge in [0, 0.05) is 25.5 Å². The number of rotatable bonds is 6. The van der Waals surface area contributed by atoms with E-state index < -0.39 is 0 Å². The Balaban J connectivity index is 1.74. The van der Waals surface area contributed by atoms with Gasteiger partial charge in [-0.25, -0.2) is 15.8 Å². The van der Waals surface area contributed by atoms with E-state index in [1.807, 2.05) is 10.8 Å². The molecular weight excluding hydrogens is 218 g/mol. The van der Waals surface area contributed by atoms with Crippen molar-refractivity contribution in [2.45, 2.75) is 13.0 Å². The van der Waals surface area contributed by atoms with Crippen molar-refractivity contribution in [2.75, 3.05) is 17.3 Å². The van der Waals surface area contributed by atoms with Crippen LogP contribution >= 0.6 is 0 Å². The first-order valence-corrected chi connectivity index (χ1v) is 5.37. The number of aryl methyl sites for hydroxylation is 1. The van der Waals surface area contributed by atoms with Crippen molar-refractivity contribution in [3.05, 3.63) is 31.1 Å². The van der Waals surface area contributed by atoms with E-state index in [1.165, 1.54) is 0 Å². The lowest BCUT2D eigenvalue weighted by Crippen LogP contribution is -2.11. The van der Waals surface area contributed by atoms with Gasteiger partial charge < -0.3 is 15.3 Å². The van der Waals surface area contributed by atoms with Crippen LogP contribution in [0.4, 0.5) is 11.6 Å². The molecule has 2 heterocycles. The van der Waals surface area contributed by atoms with Crippen LogP contribution in [-0.4, -0.2) is 26.1 Å². The van der Waals surface area contributed by atoms with Crippen LogP contribution in [0.15, 0.2) is 31.1 Å². The van der Waals surface area contributed by atoms with E-state index >= 15 is 0 Å². The summed E-state index contributed by atoms with van der Waals surface area (Å²) in [5.41, 5.74) is 2.45. The third-order valence-corrected chi connectivity index (χ3v) is 2.24. The fraction of sp³-hybridized carbons (Fsp3) is 0.300. The predicted octanol–water partition coefficient (Wildman–Crippen LogP) is 0.461. The monoisotopic (exact) mass is 233 g/mol. The molecule has 7 heteroatoms. The van der Waals surface area contributed by atoms with E-state index in [0.717, 1.165) is 19.5 Å². The molecule has 0 aliphatic carbocycles. The van der Waals surface area contributed by atoms with Crippen molar-refractivity contribution in [1.29, 1.82) is 0 Å². The first kappa shape index (κ1) is 11.3. The van der Waals surface area contributed by atoms with Gasteiger partial charge in [0.1, 0.15) is 5.82 Å².